The molecule has 1 unspecified atom stereocenters. The van der Waals surface area contributed by atoms with Gasteiger partial charge in [-0.1, -0.05) is 49.6 Å². The Morgan fingerprint density at radius 3 is 2.48 bits per heavy atom. The molecule has 0 aromatic heterocycles. The molecule has 29 heavy (non-hydrogen) atoms. The van der Waals surface area contributed by atoms with E-state index in [1.54, 1.807) is 14.7 Å². The predicted octanol–water partition coefficient (Wildman–Crippen LogP) is 1.97. The van der Waals surface area contributed by atoms with E-state index >= 15 is 0 Å². The van der Waals surface area contributed by atoms with Crippen LogP contribution in [0.5, 0.6) is 0 Å². The van der Waals surface area contributed by atoms with Crippen LogP contribution in [-0.4, -0.2) is 70.8 Å². The summed E-state index contributed by atoms with van der Waals surface area (Å²) in [5.41, 5.74) is 1.02. The number of benzene rings is 1. The Hall–Kier alpha value is -2.57. The van der Waals surface area contributed by atoms with Crippen LogP contribution < -0.4 is 5.32 Å². The van der Waals surface area contributed by atoms with Crippen LogP contribution >= 0.6 is 0 Å². The van der Waals surface area contributed by atoms with Gasteiger partial charge in [0.05, 0.1) is 0 Å². The molecule has 0 bridgehead atoms. The van der Waals surface area contributed by atoms with E-state index in [0.717, 1.165) is 18.4 Å². The first-order valence-corrected chi connectivity index (χ1v) is 10.8. The van der Waals surface area contributed by atoms with Crippen molar-refractivity contribution in [2.45, 2.75) is 57.2 Å². The van der Waals surface area contributed by atoms with E-state index < -0.39 is 6.04 Å². The van der Waals surface area contributed by atoms with Crippen molar-refractivity contribution in [2.24, 2.45) is 0 Å². The molecule has 3 fully saturated rings. The molecular weight excluding hydrogens is 368 g/mol. The summed E-state index contributed by atoms with van der Waals surface area (Å²) < 4.78 is 0. The van der Waals surface area contributed by atoms with Crippen LogP contribution in [0.1, 0.15) is 44.1 Å². The fourth-order valence-electron chi connectivity index (χ4n) is 4.68. The van der Waals surface area contributed by atoms with Gasteiger partial charge in [-0.2, -0.15) is 0 Å². The van der Waals surface area contributed by atoms with Gasteiger partial charge in [-0.3, -0.25) is 9.59 Å². The number of hydrogen-bond donors (Lipinski definition) is 1. The predicted molar refractivity (Wildman–Crippen MR) is 109 cm³/mol. The molecule has 2 heterocycles. The topological polar surface area (TPSA) is 73.0 Å². The Kier molecular flexibility index (Phi) is 6.02. The Morgan fingerprint density at radius 2 is 1.72 bits per heavy atom. The summed E-state index contributed by atoms with van der Waals surface area (Å²) in [6.45, 7) is 1.96. The van der Waals surface area contributed by atoms with E-state index in [-0.39, 0.29) is 30.4 Å². The molecule has 2 aliphatic heterocycles. The minimum absolute atomic E-state index is 0.0111. The van der Waals surface area contributed by atoms with Crippen LogP contribution in [0.3, 0.4) is 0 Å². The second-order valence-electron chi connectivity index (χ2n) is 8.34. The second-order valence-corrected chi connectivity index (χ2v) is 8.34. The van der Waals surface area contributed by atoms with Crippen LogP contribution in [0.25, 0.3) is 0 Å². The molecule has 7 heteroatoms. The molecule has 1 saturated carbocycles. The molecular formula is C22H30N4O3. The average molecular weight is 399 g/mol. The van der Waals surface area contributed by atoms with Crippen molar-refractivity contribution in [1.29, 1.82) is 0 Å². The van der Waals surface area contributed by atoms with E-state index in [9.17, 15) is 14.4 Å². The van der Waals surface area contributed by atoms with Crippen molar-refractivity contribution < 1.29 is 14.4 Å². The first-order chi connectivity index (χ1) is 14.1. The lowest BCUT2D eigenvalue weighted by Crippen LogP contribution is -2.59. The molecule has 3 aliphatic rings. The number of carbonyl (C=O) groups excluding carboxylic acids is 3. The van der Waals surface area contributed by atoms with Gasteiger partial charge in [0, 0.05) is 32.2 Å². The van der Waals surface area contributed by atoms with Crippen molar-refractivity contribution in [3.8, 4) is 0 Å². The zero-order chi connectivity index (χ0) is 20.2. The number of rotatable bonds is 3. The van der Waals surface area contributed by atoms with Gasteiger partial charge in [-0.25, -0.2) is 4.79 Å². The van der Waals surface area contributed by atoms with Crippen molar-refractivity contribution in [3.05, 3.63) is 35.9 Å². The number of piperazine rings is 1. The van der Waals surface area contributed by atoms with Crippen molar-refractivity contribution in [3.63, 3.8) is 0 Å². The fraction of sp³-hybridized carbons (Fsp3) is 0.591. The Labute approximate surface area is 172 Å². The Bertz CT molecular complexity index is 748. The van der Waals surface area contributed by atoms with Crippen molar-refractivity contribution in [1.82, 2.24) is 20.0 Å². The van der Waals surface area contributed by atoms with Crippen LogP contribution in [0.2, 0.25) is 0 Å². The maximum Gasteiger partial charge on any atom is 0.317 e. The number of hydrogen-bond acceptors (Lipinski definition) is 3. The molecule has 1 aromatic rings. The highest BCUT2D eigenvalue weighted by Gasteiger charge is 2.41. The molecule has 1 aliphatic carbocycles. The summed E-state index contributed by atoms with van der Waals surface area (Å²) in [7, 11) is 0. The van der Waals surface area contributed by atoms with Gasteiger partial charge in [0.2, 0.25) is 11.8 Å². The Morgan fingerprint density at radius 1 is 0.966 bits per heavy atom. The lowest BCUT2D eigenvalue weighted by molar-refractivity contribution is -0.156. The highest BCUT2D eigenvalue weighted by Crippen LogP contribution is 2.22. The molecule has 1 atom stereocenters. The first kappa shape index (κ1) is 19.7. The fourth-order valence-corrected chi connectivity index (χ4v) is 4.68. The van der Waals surface area contributed by atoms with Gasteiger partial charge in [-0.15, -0.1) is 0 Å². The van der Waals surface area contributed by atoms with Crippen LogP contribution in [0.15, 0.2) is 30.3 Å². The summed E-state index contributed by atoms with van der Waals surface area (Å²) in [5.74, 6) is -0.0388. The molecule has 4 rings (SSSR count). The molecule has 1 aromatic carbocycles. The van der Waals surface area contributed by atoms with E-state index in [1.807, 2.05) is 30.3 Å². The highest BCUT2D eigenvalue weighted by molar-refractivity contribution is 5.95. The van der Waals surface area contributed by atoms with Crippen molar-refractivity contribution >= 4 is 17.8 Å². The standard InChI is InChI=1S/C22H30N4O3/c27-20-16-25(15-17-7-3-1-4-8-17)21(28)19-11-12-24(13-14-26(19)20)22(29)23-18-9-5-2-6-10-18/h1,3-4,7-8,18-19H,2,5-6,9-16H2,(H,23,29). The molecule has 4 amide bonds. The lowest BCUT2D eigenvalue weighted by Gasteiger charge is -2.39. The Balaban J connectivity index is 1.38. The van der Waals surface area contributed by atoms with Crippen LogP contribution in [-0.2, 0) is 16.1 Å². The summed E-state index contributed by atoms with van der Waals surface area (Å²) in [6, 6.07) is 9.48. The third kappa shape index (κ3) is 4.54. The average Bonchev–Trinajstić information content (AvgIpc) is 2.97. The largest absolute Gasteiger partial charge is 0.335 e. The van der Waals surface area contributed by atoms with Gasteiger partial charge in [-0.05, 0) is 24.8 Å². The van der Waals surface area contributed by atoms with E-state index in [2.05, 4.69) is 5.32 Å². The number of carbonyl (C=O) groups is 3. The maximum absolute atomic E-state index is 13.1. The van der Waals surface area contributed by atoms with Gasteiger partial charge in [0.25, 0.3) is 0 Å². The molecule has 7 nitrogen and oxygen atoms in total. The van der Waals surface area contributed by atoms with Crippen molar-refractivity contribution in [2.75, 3.05) is 26.2 Å². The number of nitrogens with zero attached hydrogens (tertiary/aromatic N) is 3. The maximum atomic E-state index is 13.1. The van der Waals surface area contributed by atoms with Gasteiger partial charge < -0.3 is 20.0 Å². The first-order valence-electron chi connectivity index (χ1n) is 10.8. The van der Waals surface area contributed by atoms with E-state index in [1.165, 1.54) is 19.3 Å². The van der Waals surface area contributed by atoms with Gasteiger partial charge in [0.15, 0.2) is 0 Å². The number of amides is 4. The molecule has 156 valence electrons. The molecule has 0 spiro atoms. The normalized spacial score (nSPS) is 23.6. The minimum atomic E-state index is -0.465. The summed E-state index contributed by atoms with van der Waals surface area (Å²) >= 11 is 0. The SMILES string of the molecule is O=C(NC1CCCCC1)N1CCC2C(=O)N(Cc3ccccc3)CC(=O)N2CC1. The minimum Gasteiger partial charge on any atom is -0.335 e. The molecule has 1 N–H and O–H groups in total. The van der Waals surface area contributed by atoms with E-state index in [4.69, 9.17) is 0 Å². The smallest absolute Gasteiger partial charge is 0.317 e. The third-order valence-corrected chi connectivity index (χ3v) is 6.34. The summed E-state index contributed by atoms with van der Waals surface area (Å²) in [6.07, 6.45) is 6.16. The second kappa shape index (κ2) is 8.84. The number of nitrogens with one attached hydrogen (secondary N) is 1. The zero-order valence-electron chi connectivity index (χ0n) is 16.9. The van der Waals surface area contributed by atoms with Gasteiger partial charge >= 0.3 is 6.03 Å². The molecule has 2 saturated heterocycles. The van der Waals surface area contributed by atoms with Crippen LogP contribution in [0, 0.1) is 0 Å². The summed E-state index contributed by atoms with van der Waals surface area (Å²) in [5, 5.41) is 3.15. The molecule has 0 radical (unpaired) electrons. The zero-order valence-corrected chi connectivity index (χ0v) is 16.9. The third-order valence-electron chi connectivity index (χ3n) is 6.34. The monoisotopic (exact) mass is 398 g/mol. The van der Waals surface area contributed by atoms with Gasteiger partial charge in [0.1, 0.15) is 12.6 Å². The van der Waals surface area contributed by atoms with Crippen LogP contribution in [0.4, 0.5) is 4.79 Å². The number of urea groups is 1. The quantitative estimate of drug-likeness (QED) is 0.846. The highest BCUT2D eigenvalue weighted by atomic mass is 16.2. The summed E-state index contributed by atoms with van der Waals surface area (Å²) in [4.78, 5) is 43.6. The number of fused-ring (bicyclic) bond motifs is 1. The van der Waals surface area contributed by atoms with E-state index in [0.29, 0.717) is 32.6 Å². The lowest BCUT2D eigenvalue weighted by atomic mass is 9.96.